The molecule has 3 nitrogen and oxygen atoms in total. The van der Waals surface area contributed by atoms with Crippen molar-refractivity contribution < 1.29 is 22.3 Å². The summed E-state index contributed by atoms with van der Waals surface area (Å²) in [6.45, 7) is 0. The number of hydrogen-bond acceptors (Lipinski definition) is 3. The van der Waals surface area contributed by atoms with E-state index in [4.69, 9.17) is 10.00 Å². The van der Waals surface area contributed by atoms with Crippen LogP contribution in [-0.4, -0.2) is 7.11 Å². The second-order valence-electron chi connectivity index (χ2n) is 3.99. The Morgan fingerprint density at radius 2 is 1.67 bits per heavy atom. The molecule has 0 saturated carbocycles. The van der Waals surface area contributed by atoms with Gasteiger partial charge in [0.25, 0.3) is 0 Å². The first kappa shape index (κ1) is 14.7. The molecule has 0 radical (unpaired) electrons. The first-order valence-corrected chi connectivity index (χ1v) is 5.66. The Kier molecular flexibility index (Phi) is 3.98. The number of nitrogens with zero attached hydrogens (tertiary/aromatic N) is 1. The van der Waals surface area contributed by atoms with Crippen LogP contribution in [-0.2, 0) is 0 Å². The van der Waals surface area contributed by atoms with E-state index in [1.807, 2.05) is 0 Å². The zero-order chi connectivity index (χ0) is 15.6. The average molecular weight is 296 g/mol. The molecule has 0 aliphatic carbocycles. The van der Waals surface area contributed by atoms with Gasteiger partial charge in [0.1, 0.15) is 17.5 Å². The number of ether oxygens (including phenoxy) is 1. The molecule has 0 aliphatic rings. The Labute approximate surface area is 117 Å². The van der Waals surface area contributed by atoms with Crippen molar-refractivity contribution in [3.8, 4) is 11.8 Å². The maximum atomic E-state index is 13.6. The summed E-state index contributed by atoms with van der Waals surface area (Å²) in [5, 5.41) is 11.1. The lowest BCUT2D eigenvalue weighted by Crippen LogP contribution is -2.04. The fourth-order valence-corrected chi connectivity index (χ4v) is 1.67. The third-order valence-electron chi connectivity index (χ3n) is 2.72. The van der Waals surface area contributed by atoms with Crippen LogP contribution in [0, 0.1) is 34.6 Å². The summed E-state index contributed by atoms with van der Waals surface area (Å²) in [5.74, 6) is -5.95. The molecule has 108 valence electrons. The Morgan fingerprint density at radius 1 is 1.05 bits per heavy atom. The van der Waals surface area contributed by atoms with Crippen LogP contribution < -0.4 is 10.1 Å². The standard InChI is InChI=1S/C14H8F4N2O/c1-21-8-3-2-7(6-19)11(4-8)20-14-12(17)9(15)5-10(16)13(14)18/h2-5,20H,1H3. The normalized spacial score (nSPS) is 10.1. The lowest BCUT2D eigenvalue weighted by molar-refractivity contribution is 0.415. The maximum absolute atomic E-state index is 13.6. The van der Waals surface area contributed by atoms with Crippen molar-refractivity contribution in [3.63, 3.8) is 0 Å². The smallest absolute Gasteiger partial charge is 0.185 e. The van der Waals surface area contributed by atoms with Gasteiger partial charge in [-0.3, -0.25) is 0 Å². The van der Waals surface area contributed by atoms with Gasteiger partial charge in [-0.2, -0.15) is 5.26 Å². The summed E-state index contributed by atoms with van der Waals surface area (Å²) in [4.78, 5) is 0. The van der Waals surface area contributed by atoms with Gasteiger partial charge in [-0.05, 0) is 12.1 Å². The van der Waals surface area contributed by atoms with Gasteiger partial charge in [0, 0.05) is 12.1 Å². The monoisotopic (exact) mass is 296 g/mol. The van der Waals surface area contributed by atoms with Crippen LogP contribution in [0.3, 0.4) is 0 Å². The molecule has 0 aromatic heterocycles. The molecule has 21 heavy (non-hydrogen) atoms. The minimum Gasteiger partial charge on any atom is -0.497 e. The topological polar surface area (TPSA) is 45.0 Å². The van der Waals surface area contributed by atoms with E-state index in [2.05, 4.69) is 5.32 Å². The third-order valence-corrected chi connectivity index (χ3v) is 2.72. The second-order valence-corrected chi connectivity index (χ2v) is 3.99. The molecular weight excluding hydrogens is 288 g/mol. The average Bonchev–Trinajstić information content (AvgIpc) is 2.49. The number of nitrogens with one attached hydrogen (secondary N) is 1. The van der Waals surface area contributed by atoms with Crippen LogP contribution in [0.4, 0.5) is 28.9 Å². The first-order valence-electron chi connectivity index (χ1n) is 5.66. The molecule has 0 saturated heterocycles. The quantitative estimate of drug-likeness (QED) is 0.691. The number of hydrogen-bond donors (Lipinski definition) is 1. The minimum atomic E-state index is -1.58. The first-order chi connectivity index (χ1) is 9.97. The highest BCUT2D eigenvalue weighted by Gasteiger charge is 2.20. The highest BCUT2D eigenvalue weighted by molar-refractivity contribution is 5.69. The van der Waals surface area contributed by atoms with Crippen molar-refractivity contribution in [1.29, 1.82) is 5.26 Å². The van der Waals surface area contributed by atoms with Crippen LogP contribution in [0.25, 0.3) is 0 Å². The van der Waals surface area contributed by atoms with E-state index < -0.39 is 29.0 Å². The maximum Gasteiger partial charge on any atom is 0.185 e. The van der Waals surface area contributed by atoms with Crippen LogP contribution in [0.15, 0.2) is 24.3 Å². The second kappa shape index (κ2) is 5.71. The summed E-state index contributed by atoms with van der Waals surface area (Å²) in [6.07, 6.45) is 0. The molecule has 2 aromatic rings. The van der Waals surface area contributed by atoms with Crippen LogP contribution in [0.1, 0.15) is 5.56 Å². The molecular formula is C14H8F4N2O. The number of benzene rings is 2. The van der Waals surface area contributed by atoms with Crippen molar-refractivity contribution in [1.82, 2.24) is 0 Å². The Bertz CT molecular complexity index is 714. The Balaban J connectivity index is 2.55. The third kappa shape index (κ3) is 2.74. The van der Waals surface area contributed by atoms with Crippen LogP contribution in [0.2, 0.25) is 0 Å². The predicted octanol–water partition coefficient (Wildman–Crippen LogP) is 3.87. The molecule has 0 heterocycles. The molecule has 0 aliphatic heterocycles. The van der Waals surface area contributed by atoms with E-state index in [1.54, 1.807) is 6.07 Å². The fourth-order valence-electron chi connectivity index (χ4n) is 1.67. The summed E-state index contributed by atoms with van der Waals surface area (Å²) in [6, 6.07) is 5.97. The lowest BCUT2D eigenvalue weighted by atomic mass is 10.1. The van der Waals surface area contributed by atoms with Gasteiger partial charge in [0.05, 0.1) is 18.4 Å². The highest BCUT2D eigenvalue weighted by atomic mass is 19.2. The summed E-state index contributed by atoms with van der Waals surface area (Å²) < 4.78 is 58.4. The summed E-state index contributed by atoms with van der Waals surface area (Å²) in [7, 11) is 1.36. The molecule has 7 heteroatoms. The van der Waals surface area contributed by atoms with Crippen molar-refractivity contribution in [2.24, 2.45) is 0 Å². The molecule has 2 rings (SSSR count). The zero-order valence-corrected chi connectivity index (χ0v) is 10.7. The Hall–Kier alpha value is -2.75. The van der Waals surface area contributed by atoms with Gasteiger partial charge in [0.15, 0.2) is 23.3 Å². The molecule has 2 aromatic carbocycles. The van der Waals surface area contributed by atoms with E-state index >= 15 is 0 Å². The van der Waals surface area contributed by atoms with Gasteiger partial charge in [-0.1, -0.05) is 0 Å². The number of rotatable bonds is 3. The lowest BCUT2D eigenvalue weighted by Gasteiger charge is -2.12. The predicted molar refractivity (Wildman–Crippen MR) is 67.3 cm³/mol. The van der Waals surface area contributed by atoms with E-state index in [0.717, 1.165) is 0 Å². The number of methoxy groups -OCH3 is 1. The largest absolute Gasteiger partial charge is 0.497 e. The van der Waals surface area contributed by atoms with Gasteiger partial charge < -0.3 is 10.1 Å². The molecule has 0 spiro atoms. The van der Waals surface area contributed by atoms with Gasteiger partial charge in [-0.25, -0.2) is 17.6 Å². The fraction of sp³-hybridized carbons (Fsp3) is 0.0714. The van der Waals surface area contributed by atoms with E-state index in [0.29, 0.717) is 5.75 Å². The molecule has 1 N–H and O–H groups in total. The van der Waals surface area contributed by atoms with E-state index in [9.17, 15) is 17.6 Å². The van der Waals surface area contributed by atoms with Gasteiger partial charge in [-0.15, -0.1) is 0 Å². The number of anilines is 2. The summed E-state index contributed by atoms with van der Waals surface area (Å²) >= 11 is 0. The van der Waals surface area contributed by atoms with Crippen molar-refractivity contribution in [3.05, 3.63) is 53.1 Å². The molecule has 0 amide bonds. The van der Waals surface area contributed by atoms with E-state index in [-0.39, 0.29) is 17.3 Å². The van der Waals surface area contributed by atoms with Gasteiger partial charge in [0.2, 0.25) is 0 Å². The van der Waals surface area contributed by atoms with Crippen LogP contribution >= 0.6 is 0 Å². The van der Waals surface area contributed by atoms with Crippen molar-refractivity contribution in [2.75, 3.05) is 12.4 Å². The molecule has 0 atom stereocenters. The van der Waals surface area contributed by atoms with Crippen molar-refractivity contribution >= 4 is 11.4 Å². The Morgan fingerprint density at radius 3 is 2.19 bits per heavy atom. The highest BCUT2D eigenvalue weighted by Crippen LogP contribution is 2.30. The summed E-state index contributed by atoms with van der Waals surface area (Å²) in [5.41, 5.74) is -1.03. The number of nitriles is 1. The minimum absolute atomic E-state index is 0.0271. The molecule has 0 fully saturated rings. The van der Waals surface area contributed by atoms with E-state index in [1.165, 1.54) is 25.3 Å². The zero-order valence-electron chi connectivity index (χ0n) is 10.7. The SMILES string of the molecule is COc1ccc(C#N)c(Nc2c(F)c(F)cc(F)c2F)c1. The van der Waals surface area contributed by atoms with Gasteiger partial charge >= 0.3 is 0 Å². The molecule has 0 unspecified atom stereocenters. The molecule has 0 bridgehead atoms. The number of halogens is 4. The van der Waals surface area contributed by atoms with Crippen LogP contribution in [0.5, 0.6) is 5.75 Å². The van der Waals surface area contributed by atoms with Crippen molar-refractivity contribution in [2.45, 2.75) is 0 Å².